The molecule has 0 aliphatic rings. The molecule has 0 atom stereocenters. The lowest BCUT2D eigenvalue weighted by Crippen LogP contribution is -2.28. The molecule has 0 unspecified atom stereocenters. The molecule has 0 spiro atoms. The number of aromatic nitrogens is 1. The van der Waals surface area contributed by atoms with Crippen molar-refractivity contribution in [2.45, 2.75) is 33.5 Å². The molecule has 0 aromatic carbocycles. The highest BCUT2D eigenvalue weighted by Crippen LogP contribution is 2.17. The number of aromatic hydroxyl groups is 1. The van der Waals surface area contributed by atoms with E-state index in [1.165, 1.54) is 6.07 Å². The fourth-order valence-corrected chi connectivity index (χ4v) is 2.07. The Labute approximate surface area is 112 Å². The lowest BCUT2D eigenvalue weighted by molar-refractivity contribution is 0.234. The fourth-order valence-electron chi connectivity index (χ4n) is 2.07. The van der Waals surface area contributed by atoms with Crippen LogP contribution in [0, 0.1) is 0 Å². The van der Waals surface area contributed by atoms with Crippen LogP contribution in [0.3, 0.4) is 0 Å². The summed E-state index contributed by atoms with van der Waals surface area (Å²) >= 11 is 0. The molecule has 1 aromatic heterocycles. The minimum absolute atomic E-state index is 0.124. The van der Waals surface area contributed by atoms with E-state index in [1.54, 1.807) is 4.57 Å². The van der Waals surface area contributed by atoms with Crippen LogP contribution in [0.1, 0.15) is 25.2 Å². The molecule has 19 heavy (non-hydrogen) atoms. The third-order valence-corrected chi connectivity index (χ3v) is 3.23. The van der Waals surface area contributed by atoms with E-state index >= 15 is 0 Å². The number of hydrogen-bond donors (Lipinski definition) is 3. The first kappa shape index (κ1) is 15.7. The van der Waals surface area contributed by atoms with Crippen molar-refractivity contribution in [2.75, 3.05) is 19.7 Å². The maximum atomic E-state index is 11.7. The summed E-state index contributed by atoms with van der Waals surface area (Å²) in [6, 6.07) is 1.21. The van der Waals surface area contributed by atoms with Crippen LogP contribution < -0.4 is 5.43 Å². The maximum absolute atomic E-state index is 11.7. The summed E-state index contributed by atoms with van der Waals surface area (Å²) in [5, 5.41) is 28.3. The first-order chi connectivity index (χ1) is 9.08. The van der Waals surface area contributed by atoms with E-state index in [-0.39, 0.29) is 25.5 Å². The highest BCUT2D eigenvalue weighted by atomic mass is 16.3. The zero-order valence-corrected chi connectivity index (χ0v) is 11.5. The summed E-state index contributed by atoms with van der Waals surface area (Å²) in [6.07, 6.45) is 0. The van der Waals surface area contributed by atoms with Crippen molar-refractivity contribution < 1.29 is 15.3 Å². The van der Waals surface area contributed by atoms with Gasteiger partial charge in [-0.15, -0.1) is 0 Å². The predicted molar refractivity (Wildman–Crippen MR) is 72.0 cm³/mol. The largest absolute Gasteiger partial charge is 0.503 e. The lowest BCUT2D eigenvalue weighted by atomic mass is 10.2. The Hall–Kier alpha value is -1.37. The second-order valence-electron chi connectivity index (χ2n) is 4.29. The molecule has 1 rings (SSSR count). The van der Waals surface area contributed by atoms with E-state index in [0.717, 1.165) is 13.1 Å². The third kappa shape index (κ3) is 3.56. The Kier molecular flexibility index (Phi) is 6.01. The van der Waals surface area contributed by atoms with Gasteiger partial charge in [-0.25, -0.2) is 0 Å². The number of aliphatic hydroxyl groups is 2. The molecule has 0 amide bonds. The van der Waals surface area contributed by atoms with Crippen LogP contribution in [0.5, 0.6) is 5.75 Å². The molecule has 0 aliphatic heterocycles. The van der Waals surface area contributed by atoms with E-state index in [4.69, 9.17) is 5.11 Å². The van der Waals surface area contributed by atoms with Crippen LogP contribution in [0.2, 0.25) is 0 Å². The van der Waals surface area contributed by atoms with Gasteiger partial charge in [0.05, 0.1) is 18.9 Å². The van der Waals surface area contributed by atoms with Crippen molar-refractivity contribution in [3.05, 3.63) is 27.7 Å². The van der Waals surface area contributed by atoms with E-state index < -0.39 is 5.43 Å². The van der Waals surface area contributed by atoms with Crippen LogP contribution >= 0.6 is 0 Å². The SMILES string of the molecule is CCN(CC)Cc1c(O)c(=O)cc(CO)n1CCO. The summed E-state index contributed by atoms with van der Waals surface area (Å²) in [7, 11) is 0. The van der Waals surface area contributed by atoms with Gasteiger partial charge in [-0.3, -0.25) is 9.69 Å². The molecule has 0 bridgehead atoms. The standard InChI is InChI=1S/C13H22N2O4/c1-3-14(4-2)8-11-13(19)12(18)7-10(9-17)15(11)5-6-16/h7,16-17,19H,3-6,8-9H2,1-2H3. The van der Waals surface area contributed by atoms with E-state index in [0.29, 0.717) is 17.9 Å². The van der Waals surface area contributed by atoms with Crippen molar-refractivity contribution >= 4 is 0 Å². The lowest BCUT2D eigenvalue weighted by Gasteiger charge is -2.23. The third-order valence-electron chi connectivity index (χ3n) is 3.23. The fraction of sp³-hybridized carbons (Fsp3) is 0.615. The van der Waals surface area contributed by atoms with Gasteiger partial charge in [-0.05, 0) is 13.1 Å². The van der Waals surface area contributed by atoms with Gasteiger partial charge in [-0.1, -0.05) is 13.8 Å². The highest BCUT2D eigenvalue weighted by molar-refractivity contribution is 5.30. The zero-order valence-electron chi connectivity index (χ0n) is 11.5. The van der Waals surface area contributed by atoms with Gasteiger partial charge in [-0.2, -0.15) is 0 Å². The Morgan fingerprint density at radius 1 is 1.26 bits per heavy atom. The van der Waals surface area contributed by atoms with Gasteiger partial charge in [0.2, 0.25) is 5.43 Å². The molecule has 1 heterocycles. The molecular weight excluding hydrogens is 248 g/mol. The van der Waals surface area contributed by atoms with Crippen molar-refractivity contribution in [1.82, 2.24) is 9.47 Å². The Morgan fingerprint density at radius 2 is 1.89 bits per heavy atom. The quantitative estimate of drug-likeness (QED) is 0.643. The summed E-state index contributed by atoms with van der Waals surface area (Å²) < 4.78 is 1.61. The van der Waals surface area contributed by atoms with Crippen molar-refractivity contribution in [2.24, 2.45) is 0 Å². The van der Waals surface area contributed by atoms with Gasteiger partial charge < -0.3 is 19.9 Å². The predicted octanol–water partition coefficient (Wildman–Crippen LogP) is -0.120. The van der Waals surface area contributed by atoms with E-state index in [9.17, 15) is 15.0 Å². The molecule has 6 nitrogen and oxygen atoms in total. The first-order valence-corrected chi connectivity index (χ1v) is 6.47. The summed E-state index contributed by atoms with van der Waals surface area (Å²) in [6.45, 7) is 5.76. The van der Waals surface area contributed by atoms with Gasteiger partial charge in [0.15, 0.2) is 5.75 Å². The zero-order chi connectivity index (χ0) is 14.4. The number of nitrogens with zero attached hydrogens (tertiary/aromatic N) is 2. The van der Waals surface area contributed by atoms with Crippen molar-refractivity contribution in [3.63, 3.8) is 0 Å². The minimum atomic E-state index is -0.500. The molecule has 0 saturated carbocycles. The normalized spacial score (nSPS) is 11.2. The van der Waals surface area contributed by atoms with Gasteiger partial charge in [0, 0.05) is 24.8 Å². The number of pyridine rings is 1. The summed E-state index contributed by atoms with van der Waals surface area (Å²) in [4.78, 5) is 13.7. The Balaban J connectivity index is 3.31. The van der Waals surface area contributed by atoms with Crippen LogP contribution in [-0.4, -0.2) is 44.5 Å². The number of aliphatic hydroxyl groups excluding tert-OH is 2. The second-order valence-corrected chi connectivity index (χ2v) is 4.29. The van der Waals surface area contributed by atoms with Gasteiger partial charge >= 0.3 is 0 Å². The van der Waals surface area contributed by atoms with Crippen molar-refractivity contribution in [3.8, 4) is 5.75 Å². The summed E-state index contributed by atoms with van der Waals surface area (Å²) in [5.41, 5.74) is 0.341. The first-order valence-electron chi connectivity index (χ1n) is 6.47. The number of hydrogen-bond acceptors (Lipinski definition) is 5. The van der Waals surface area contributed by atoms with Crippen molar-refractivity contribution in [1.29, 1.82) is 0 Å². The molecule has 0 radical (unpaired) electrons. The molecule has 3 N–H and O–H groups in total. The molecule has 0 saturated heterocycles. The van der Waals surface area contributed by atoms with Crippen LogP contribution in [0.15, 0.2) is 10.9 Å². The van der Waals surface area contributed by atoms with Crippen LogP contribution in [-0.2, 0) is 19.7 Å². The average molecular weight is 270 g/mol. The van der Waals surface area contributed by atoms with Crippen LogP contribution in [0.25, 0.3) is 0 Å². The minimum Gasteiger partial charge on any atom is -0.503 e. The molecular formula is C13H22N2O4. The molecule has 1 aromatic rings. The second kappa shape index (κ2) is 7.28. The Bertz CT molecular complexity index is 466. The number of rotatable bonds is 7. The van der Waals surface area contributed by atoms with Gasteiger partial charge in [0.1, 0.15) is 0 Å². The summed E-state index contributed by atoms with van der Waals surface area (Å²) in [5.74, 6) is -0.308. The molecule has 0 aliphatic carbocycles. The maximum Gasteiger partial charge on any atom is 0.223 e. The Morgan fingerprint density at radius 3 is 2.37 bits per heavy atom. The molecule has 0 fully saturated rings. The van der Waals surface area contributed by atoms with Gasteiger partial charge in [0.25, 0.3) is 0 Å². The molecule has 6 heteroatoms. The molecule has 108 valence electrons. The topological polar surface area (TPSA) is 85.9 Å². The van der Waals surface area contributed by atoms with E-state index in [1.807, 2.05) is 18.7 Å². The highest BCUT2D eigenvalue weighted by Gasteiger charge is 2.16. The van der Waals surface area contributed by atoms with E-state index in [2.05, 4.69) is 0 Å². The van der Waals surface area contributed by atoms with Crippen LogP contribution in [0.4, 0.5) is 0 Å². The monoisotopic (exact) mass is 270 g/mol. The smallest absolute Gasteiger partial charge is 0.223 e. The average Bonchev–Trinajstić information content (AvgIpc) is 2.42.